The summed E-state index contributed by atoms with van der Waals surface area (Å²) in [6, 6.07) is 7.84. The Hall–Kier alpha value is -2.96. The van der Waals surface area contributed by atoms with Gasteiger partial charge in [-0.25, -0.2) is 4.68 Å². The molecule has 142 valence electrons. The van der Waals surface area contributed by atoms with Crippen LogP contribution in [-0.4, -0.2) is 25.5 Å². The van der Waals surface area contributed by atoms with E-state index in [1.165, 1.54) is 10.2 Å². The lowest BCUT2D eigenvalue weighted by atomic mass is 10.1. The molecular weight excluding hydrogens is 342 g/mol. The first-order chi connectivity index (χ1) is 12.8. The molecule has 1 N–H and O–H groups in total. The van der Waals surface area contributed by atoms with Gasteiger partial charge in [-0.05, 0) is 25.3 Å². The Kier molecular flexibility index (Phi) is 5.12. The summed E-state index contributed by atoms with van der Waals surface area (Å²) in [4.78, 5) is 25.3. The van der Waals surface area contributed by atoms with Gasteiger partial charge in [0, 0.05) is 7.05 Å². The van der Waals surface area contributed by atoms with Crippen molar-refractivity contribution in [1.82, 2.24) is 24.9 Å². The van der Waals surface area contributed by atoms with E-state index in [0.717, 1.165) is 11.3 Å². The predicted molar refractivity (Wildman–Crippen MR) is 105 cm³/mol. The summed E-state index contributed by atoms with van der Waals surface area (Å²) < 4.78 is 2.86. The Morgan fingerprint density at radius 2 is 1.85 bits per heavy atom. The van der Waals surface area contributed by atoms with Gasteiger partial charge in [0.1, 0.15) is 6.54 Å². The Labute approximate surface area is 158 Å². The third-order valence-electron chi connectivity index (χ3n) is 4.68. The lowest BCUT2D eigenvalue weighted by Crippen LogP contribution is -2.35. The minimum atomic E-state index is -0.289. The zero-order valence-electron chi connectivity index (χ0n) is 16.4. The van der Waals surface area contributed by atoms with Crippen molar-refractivity contribution in [3.8, 4) is 0 Å². The van der Waals surface area contributed by atoms with E-state index in [2.05, 4.69) is 15.5 Å². The van der Waals surface area contributed by atoms with E-state index in [4.69, 9.17) is 0 Å². The predicted octanol–water partition coefficient (Wildman–Crippen LogP) is 2.44. The second kappa shape index (κ2) is 7.34. The largest absolute Gasteiger partial charge is 0.348 e. The van der Waals surface area contributed by atoms with Crippen LogP contribution >= 0.6 is 0 Å². The van der Waals surface area contributed by atoms with Gasteiger partial charge in [0.05, 0.1) is 28.8 Å². The number of amides is 1. The molecule has 0 aliphatic carbocycles. The number of aromatic nitrogens is 4. The number of carbonyl (C=O) groups excluding carboxylic acids is 1. The fourth-order valence-electron chi connectivity index (χ4n) is 3.11. The van der Waals surface area contributed by atoms with Crippen molar-refractivity contribution >= 4 is 16.8 Å². The number of carbonyl (C=O) groups is 1. The highest BCUT2D eigenvalue weighted by Crippen LogP contribution is 2.20. The molecule has 2 heterocycles. The van der Waals surface area contributed by atoms with Crippen molar-refractivity contribution in [2.75, 3.05) is 0 Å². The Bertz CT molecular complexity index is 1030. The monoisotopic (exact) mass is 367 g/mol. The van der Waals surface area contributed by atoms with Crippen molar-refractivity contribution in [2.24, 2.45) is 7.05 Å². The summed E-state index contributed by atoms with van der Waals surface area (Å²) in [5.74, 6) is -0.153. The third-order valence-corrected chi connectivity index (χ3v) is 4.68. The van der Waals surface area contributed by atoms with Crippen LogP contribution in [-0.2, 0) is 18.4 Å². The van der Waals surface area contributed by atoms with E-state index in [1.54, 1.807) is 17.9 Å². The average Bonchev–Trinajstić information content (AvgIpc) is 2.95. The molecule has 0 saturated carbocycles. The van der Waals surface area contributed by atoms with Crippen molar-refractivity contribution in [2.45, 2.75) is 46.2 Å². The molecule has 3 aromatic rings. The SMILES string of the molecule is Cc1ccc(C(C)NC(=O)Cn2ncc3c(c(C(C)C)nn3C)c2=O)cc1. The van der Waals surface area contributed by atoms with E-state index < -0.39 is 0 Å². The number of nitrogens with zero attached hydrogens (tertiary/aromatic N) is 4. The molecule has 0 aliphatic heterocycles. The van der Waals surface area contributed by atoms with Crippen LogP contribution in [0.2, 0.25) is 0 Å². The minimum absolute atomic E-state index is 0.104. The second-order valence-corrected chi connectivity index (χ2v) is 7.23. The molecule has 1 amide bonds. The van der Waals surface area contributed by atoms with Crippen LogP contribution in [0.15, 0.2) is 35.3 Å². The van der Waals surface area contributed by atoms with Crippen LogP contribution < -0.4 is 10.9 Å². The third kappa shape index (κ3) is 3.77. The smallest absolute Gasteiger partial charge is 0.278 e. The molecule has 0 radical (unpaired) electrons. The van der Waals surface area contributed by atoms with E-state index in [0.29, 0.717) is 10.9 Å². The van der Waals surface area contributed by atoms with Gasteiger partial charge in [0.25, 0.3) is 5.56 Å². The lowest BCUT2D eigenvalue weighted by molar-refractivity contribution is -0.122. The first-order valence-electron chi connectivity index (χ1n) is 9.06. The van der Waals surface area contributed by atoms with Crippen LogP contribution in [0, 0.1) is 6.92 Å². The van der Waals surface area contributed by atoms with E-state index in [-0.39, 0.29) is 30.0 Å². The van der Waals surface area contributed by atoms with Crippen LogP contribution in [0.4, 0.5) is 0 Å². The van der Waals surface area contributed by atoms with Gasteiger partial charge >= 0.3 is 0 Å². The highest BCUT2D eigenvalue weighted by Gasteiger charge is 2.18. The molecule has 1 unspecified atom stereocenters. The fraction of sp³-hybridized carbons (Fsp3) is 0.400. The minimum Gasteiger partial charge on any atom is -0.348 e. The maximum absolute atomic E-state index is 12.9. The molecule has 1 aromatic carbocycles. The quantitative estimate of drug-likeness (QED) is 0.751. The highest BCUT2D eigenvalue weighted by atomic mass is 16.2. The number of benzene rings is 1. The molecule has 0 bridgehead atoms. The van der Waals surface area contributed by atoms with Crippen molar-refractivity contribution in [3.05, 3.63) is 57.6 Å². The van der Waals surface area contributed by atoms with Crippen LogP contribution in [0.1, 0.15) is 49.6 Å². The van der Waals surface area contributed by atoms with E-state index in [9.17, 15) is 9.59 Å². The van der Waals surface area contributed by atoms with E-state index in [1.807, 2.05) is 52.0 Å². The Morgan fingerprint density at radius 1 is 1.19 bits per heavy atom. The fourth-order valence-corrected chi connectivity index (χ4v) is 3.11. The van der Waals surface area contributed by atoms with Gasteiger partial charge in [-0.2, -0.15) is 10.2 Å². The molecule has 0 spiro atoms. The van der Waals surface area contributed by atoms with Gasteiger partial charge in [-0.1, -0.05) is 43.7 Å². The van der Waals surface area contributed by atoms with Gasteiger partial charge in [0.15, 0.2) is 0 Å². The Morgan fingerprint density at radius 3 is 2.48 bits per heavy atom. The van der Waals surface area contributed by atoms with Crippen LogP contribution in [0.3, 0.4) is 0 Å². The maximum atomic E-state index is 12.9. The number of aryl methyl sites for hydroxylation is 2. The number of nitrogens with one attached hydrogen (secondary N) is 1. The summed E-state index contributed by atoms with van der Waals surface area (Å²) >= 11 is 0. The van der Waals surface area contributed by atoms with Crippen molar-refractivity contribution in [3.63, 3.8) is 0 Å². The Balaban J connectivity index is 1.82. The zero-order valence-corrected chi connectivity index (χ0v) is 16.4. The van der Waals surface area contributed by atoms with Gasteiger partial charge in [-0.3, -0.25) is 14.3 Å². The molecular formula is C20H25N5O2. The highest BCUT2D eigenvalue weighted by molar-refractivity contribution is 5.81. The normalized spacial score (nSPS) is 12.5. The standard InChI is InChI=1S/C20H25N5O2/c1-12(2)19-18-16(24(5)23-19)10-21-25(20(18)27)11-17(26)22-14(4)15-8-6-13(3)7-9-15/h6-10,12,14H,11H2,1-5H3,(H,22,26). The average molecular weight is 367 g/mol. The summed E-state index contributed by atoms with van der Waals surface area (Å²) in [5.41, 5.74) is 3.29. The number of rotatable bonds is 5. The zero-order chi connectivity index (χ0) is 19.7. The molecule has 0 aliphatic rings. The molecule has 2 aromatic heterocycles. The summed E-state index contributed by atoms with van der Waals surface area (Å²) in [6.07, 6.45) is 1.59. The summed E-state index contributed by atoms with van der Waals surface area (Å²) in [5, 5.41) is 12.0. The maximum Gasteiger partial charge on any atom is 0.278 e. The van der Waals surface area contributed by atoms with Gasteiger partial charge in [0.2, 0.25) is 5.91 Å². The molecule has 27 heavy (non-hydrogen) atoms. The lowest BCUT2D eigenvalue weighted by Gasteiger charge is -2.15. The van der Waals surface area contributed by atoms with Crippen molar-refractivity contribution < 1.29 is 4.79 Å². The number of hydrogen-bond acceptors (Lipinski definition) is 4. The first-order valence-corrected chi connectivity index (χ1v) is 9.06. The van der Waals surface area contributed by atoms with Crippen molar-refractivity contribution in [1.29, 1.82) is 0 Å². The second-order valence-electron chi connectivity index (χ2n) is 7.23. The van der Waals surface area contributed by atoms with Gasteiger partial charge < -0.3 is 5.32 Å². The van der Waals surface area contributed by atoms with Gasteiger partial charge in [-0.15, -0.1) is 0 Å². The summed E-state index contributed by atoms with van der Waals surface area (Å²) in [6.45, 7) is 7.78. The van der Waals surface area contributed by atoms with E-state index >= 15 is 0 Å². The number of fused-ring (bicyclic) bond motifs is 1. The molecule has 7 heteroatoms. The van der Waals surface area contributed by atoms with Crippen LogP contribution in [0.25, 0.3) is 10.9 Å². The summed E-state index contributed by atoms with van der Waals surface area (Å²) in [7, 11) is 1.79. The first kappa shape index (κ1) is 18.8. The molecule has 1 atom stereocenters. The molecule has 0 fully saturated rings. The topological polar surface area (TPSA) is 81.8 Å². The molecule has 7 nitrogen and oxygen atoms in total. The van der Waals surface area contributed by atoms with Crippen LogP contribution in [0.5, 0.6) is 0 Å². The number of hydrogen-bond donors (Lipinski definition) is 1. The molecule has 0 saturated heterocycles. The molecule has 3 rings (SSSR count).